The maximum absolute atomic E-state index is 13.5. The molecule has 1 heterocycles. The number of benzene rings is 2. The zero-order valence-corrected chi connectivity index (χ0v) is 16.6. The highest BCUT2D eigenvalue weighted by molar-refractivity contribution is 6.31. The lowest BCUT2D eigenvalue weighted by Gasteiger charge is -2.27. The van der Waals surface area contributed by atoms with Crippen LogP contribution in [0, 0.1) is 17.7 Å². The minimum absolute atomic E-state index is 0.0163. The van der Waals surface area contributed by atoms with Crippen molar-refractivity contribution in [1.29, 1.82) is 0 Å². The van der Waals surface area contributed by atoms with E-state index < -0.39 is 29.1 Å². The van der Waals surface area contributed by atoms with Crippen molar-refractivity contribution in [1.82, 2.24) is 15.5 Å². The Labute approximate surface area is 178 Å². The summed E-state index contributed by atoms with van der Waals surface area (Å²) in [6.45, 7) is 0. The summed E-state index contributed by atoms with van der Waals surface area (Å²) in [5.41, 5.74) is -1.50. The Morgan fingerprint density at radius 2 is 1.94 bits per heavy atom. The normalized spacial score (nSPS) is 27.4. The zero-order valence-electron chi connectivity index (χ0n) is 15.8. The van der Waals surface area contributed by atoms with Crippen molar-refractivity contribution >= 4 is 28.4 Å². The van der Waals surface area contributed by atoms with Gasteiger partial charge in [0.25, 0.3) is 5.91 Å². The molecular weight excluding hydrogens is 438 g/mol. The summed E-state index contributed by atoms with van der Waals surface area (Å²) >= 11 is 6.17. The SMILES string of the molecule is O=C(N[C@H]1[C@@H]2C[C@](O)(c3cc(Cl)cc4[nH]ncc34)C[C@@H]21)c1ccc(F)c(C(F)(F)F)c1. The summed E-state index contributed by atoms with van der Waals surface area (Å²) in [6, 6.07) is 5.34. The van der Waals surface area contributed by atoms with Crippen LogP contribution in [0.3, 0.4) is 0 Å². The molecule has 0 radical (unpaired) electrons. The first kappa shape index (κ1) is 20.3. The fourth-order valence-corrected chi connectivity index (χ4v) is 5.04. The van der Waals surface area contributed by atoms with Crippen LogP contribution in [0.4, 0.5) is 17.6 Å². The lowest BCUT2D eigenvalue weighted by atomic mass is 9.86. The molecule has 31 heavy (non-hydrogen) atoms. The minimum atomic E-state index is -4.89. The van der Waals surface area contributed by atoms with Crippen molar-refractivity contribution in [3.05, 3.63) is 64.1 Å². The van der Waals surface area contributed by atoms with E-state index in [-0.39, 0.29) is 23.4 Å². The molecular formula is C21H16ClF4N3O2. The zero-order chi connectivity index (χ0) is 22.1. The van der Waals surface area contributed by atoms with Crippen LogP contribution in [0.5, 0.6) is 0 Å². The molecule has 0 bridgehead atoms. The smallest absolute Gasteiger partial charge is 0.385 e. The number of nitrogens with zero attached hydrogens (tertiary/aromatic N) is 1. The van der Waals surface area contributed by atoms with Gasteiger partial charge in [0.2, 0.25) is 0 Å². The first-order chi connectivity index (χ1) is 14.6. The Morgan fingerprint density at radius 3 is 2.61 bits per heavy atom. The third kappa shape index (κ3) is 3.36. The topological polar surface area (TPSA) is 78.0 Å². The van der Waals surface area contributed by atoms with Gasteiger partial charge >= 0.3 is 6.18 Å². The van der Waals surface area contributed by atoms with Crippen molar-refractivity contribution in [2.75, 3.05) is 0 Å². The van der Waals surface area contributed by atoms with Crippen LogP contribution in [0.1, 0.15) is 34.3 Å². The minimum Gasteiger partial charge on any atom is -0.385 e. The van der Waals surface area contributed by atoms with E-state index in [4.69, 9.17) is 11.6 Å². The van der Waals surface area contributed by atoms with E-state index >= 15 is 0 Å². The van der Waals surface area contributed by atoms with Gasteiger partial charge in [0.05, 0.1) is 22.9 Å². The highest BCUT2D eigenvalue weighted by Gasteiger charge is 2.62. The predicted octanol–water partition coefficient (Wildman–Crippen LogP) is 4.40. The summed E-state index contributed by atoms with van der Waals surface area (Å²) in [5, 5.41) is 22.0. The third-order valence-electron chi connectivity index (χ3n) is 6.33. The molecule has 2 fully saturated rings. The molecule has 0 spiro atoms. The average Bonchev–Trinajstić information content (AvgIpc) is 3.05. The second kappa shape index (κ2) is 6.67. The molecule has 10 heteroatoms. The summed E-state index contributed by atoms with van der Waals surface area (Å²) < 4.78 is 52.2. The number of alkyl halides is 3. The Balaban J connectivity index is 1.31. The van der Waals surface area contributed by atoms with E-state index in [0.29, 0.717) is 41.1 Å². The fraction of sp³-hybridized carbons (Fsp3) is 0.333. The molecule has 0 saturated heterocycles. The Morgan fingerprint density at radius 1 is 1.23 bits per heavy atom. The number of aromatic nitrogens is 2. The van der Waals surface area contributed by atoms with Crippen LogP contribution in [-0.2, 0) is 11.8 Å². The number of aromatic amines is 1. The molecule has 1 aromatic heterocycles. The van der Waals surface area contributed by atoms with E-state index in [1.807, 2.05) is 0 Å². The van der Waals surface area contributed by atoms with E-state index in [9.17, 15) is 27.5 Å². The molecule has 162 valence electrons. The van der Waals surface area contributed by atoms with Gasteiger partial charge in [-0.1, -0.05) is 11.6 Å². The van der Waals surface area contributed by atoms with Gasteiger partial charge in [-0.3, -0.25) is 9.89 Å². The molecule has 3 N–H and O–H groups in total. The van der Waals surface area contributed by atoms with Gasteiger partial charge in [0.15, 0.2) is 0 Å². The number of nitrogens with one attached hydrogen (secondary N) is 2. The van der Waals surface area contributed by atoms with Gasteiger partial charge < -0.3 is 10.4 Å². The van der Waals surface area contributed by atoms with Crippen LogP contribution in [-0.4, -0.2) is 27.3 Å². The van der Waals surface area contributed by atoms with Crippen molar-refractivity contribution in [2.24, 2.45) is 11.8 Å². The number of amides is 1. The number of H-pyrrole nitrogens is 1. The number of carbonyl (C=O) groups excluding carboxylic acids is 1. The number of halogens is 5. The maximum Gasteiger partial charge on any atom is 0.419 e. The maximum atomic E-state index is 13.5. The molecule has 2 saturated carbocycles. The van der Waals surface area contributed by atoms with Crippen LogP contribution in [0.2, 0.25) is 5.02 Å². The average molecular weight is 454 g/mol. The molecule has 4 atom stereocenters. The predicted molar refractivity (Wildman–Crippen MR) is 104 cm³/mol. The number of rotatable bonds is 3. The van der Waals surface area contributed by atoms with E-state index in [0.717, 1.165) is 11.5 Å². The van der Waals surface area contributed by atoms with Crippen LogP contribution in [0.15, 0.2) is 36.5 Å². The lowest BCUT2D eigenvalue weighted by molar-refractivity contribution is -0.140. The third-order valence-corrected chi connectivity index (χ3v) is 6.55. The standard InChI is InChI=1S/C21H16ClF4N3O2/c22-10-4-14(13-8-27-29-17(13)5-10)20(31)6-11-12(7-20)18(11)28-19(30)9-1-2-16(23)15(3-9)21(24,25)26/h1-5,8,11-12,18,31H,6-7H2,(H,27,29)(H,28,30)/t11-,12+,18+,20-. The van der Waals surface area contributed by atoms with Crippen LogP contribution in [0.25, 0.3) is 10.9 Å². The molecule has 0 aliphatic heterocycles. The summed E-state index contributed by atoms with van der Waals surface area (Å²) in [5.74, 6) is -2.16. The number of hydrogen-bond donors (Lipinski definition) is 3. The molecule has 0 unspecified atom stereocenters. The van der Waals surface area contributed by atoms with E-state index in [1.54, 1.807) is 18.3 Å². The Bertz CT molecular complexity index is 1200. The molecule has 3 aromatic rings. The number of aliphatic hydroxyl groups is 1. The number of carbonyl (C=O) groups is 1. The van der Waals surface area contributed by atoms with Crippen LogP contribution >= 0.6 is 11.6 Å². The highest BCUT2D eigenvalue weighted by Crippen LogP contribution is 2.60. The lowest BCUT2D eigenvalue weighted by Crippen LogP contribution is -2.33. The Hall–Kier alpha value is -2.65. The second-order valence-electron chi connectivity index (χ2n) is 8.24. The van der Waals surface area contributed by atoms with Gasteiger partial charge in [-0.25, -0.2) is 4.39 Å². The molecule has 2 aromatic carbocycles. The molecule has 2 aliphatic rings. The van der Waals surface area contributed by atoms with E-state index in [2.05, 4.69) is 15.5 Å². The monoisotopic (exact) mass is 453 g/mol. The number of fused-ring (bicyclic) bond motifs is 2. The quantitative estimate of drug-likeness (QED) is 0.514. The first-order valence-corrected chi connectivity index (χ1v) is 9.98. The van der Waals surface area contributed by atoms with Crippen molar-refractivity contribution < 1.29 is 27.5 Å². The summed E-state index contributed by atoms with van der Waals surface area (Å²) in [7, 11) is 0. The van der Waals surface area contributed by atoms with Crippen LogP contribution < -0.4 is 5.32 Å². The second-order valence-corrected chi connectivity index (χ2v) is 8.68. The molecule has 2 aliphatic carbocycles. The van der Waals surface area contributed by atoms with Crippen molar-refractivity contribution in [2.45, 2.75) is 30.7 Å². The summed E-state index contributed by atoms with van der Waals surface area (Å²) in [4.78, 5) is 12.4. The van der Waals surface area contributed by atoms with Gasteiger partial charge in [0, 0.05) is 22.0 Å². The highest BCUT2D eigenvalue weighted by atomic mass is 35.5. The fourth-order valence-electron chi connectivity index (χ4n) is 4.82. The van der Waals surface area contributed by atoms with Gasteiger partial charge in [0.1, 0.15) is 5.82 Å². The summed E-state index contributed by atoms with van der Waals surface area (Å²) in [6.07, 6.45) is -2.52. The van der Waals surface area contributed by atoms with Crippen molar-refractivity contribution in [3.8, 4) is 0 Å². The van der Waals surface area contributed by atoms with Gasteiger partial charge in [-0.2, -0.15) is 18.3 Å². The number of hydrogen-bond acceptors (Lipinski definition) is 3. The Kier molecular flexibility index (Phi) is 4.36. The van der Waals surface area contributed by atoms with Gasteiger partial charge in [-0.15, -0.1) is 0 Å². The van der Waals surface area contributed by atoms with Crippen molar-refractivity contribution in [3.63, 3.8) is 0 Å². The molecule has 5 nitrogen and oxygen atoms in total. The van der Waals surface area contributed by atoms with E-state index in [1.165, 1.54) is 0 Å². The molecule has 5 rings (SSSR count). The molecule has 1 amide bonds. The largest absolute Gasteiger partial charge is 0.419 e. The van der Waals surface area contributed by atoms with Gasteiger partial charge in [-0.05, 0) is 60.6 Å². The first-order valence-electron chi connectivity index (χ1n) is 9.60.